The lowest BCUT2D eigenvalue weighted by molar-refractivity contribution is -0.158. The van der Waals surface area contributed by atoms with E-state index in [0.29, 0.717) is 5.56 Å². The smallest absolute Gasteiger partial charge is 0.348 e. The number of hydrogen-bond donors (Lipinski definition) is 1. The third kappa shape index (κ3) is 1.77. The first-order chi connectivity index (χ1) is 7.83. The fourth-order valence-electron chi connectivity index (χ4n) is 1.89. The van der Waals surface area contributed by atoms with E-state index in [9.17, 15) is 14.0 Å². The standard InChI is InChI=1S/C12H11FO4/c1-6-3-7-8(9(13)4-6)5-12(2,11(15)16)17-10(7)14/h3-4H,5H2,1-2H3,(H,15,16). The molecule has 1 N–H and O–H groups in total. The molecule has 0 amide bonds. The highest BCUT2D eigenvalue weighted by atomic mass is 19.1. The highest BCUT2D eigenvalue weighted by molar-refractivity contribution is 5.96. The van der Waals surface area contributed by atoms with Crippen LogP contribution in [-0.4, -0.2) is 22.6 Å². The lowest BCUT2D eigenvalue weighted by atomic mass is 9.89. The minimum Gasteiger partial charge on any atom is -0.478 e. The van der Waals surface area contributed by atoms with Crippen LogP contribution in [0, 0.1) is 12.7 Å². The topological polar surface area (TPSA) is 63.6 Å². The molecule has 0 saturated heterocycles. The number of hydrogen-bond acceptors (Lipinski definition) is 3. The molecule has 1 heterocycles. The van der Waals surface area contributed by atoms with E-state index in [0.717, 1.165) is 0 Å². The summed E-state index contributed by atoms with van der Waals surface area (Å²) in [4.78, 5) is 22.7. The molecule has 0 radical (unpaired) electrons. The second-order valence-electron chi connectivity index (χ2n) is 4.38. The Hall–Kier alpha value is -1.91. The first-order valence-corrected chi connectivity index (χ1v) is 5.09. The van der Waals surface area contributed by atoms with Gasteiger partial charge in [-0.15, -0.1) is 0 Å². The highest BCUT2D eigenvalue weighted by Crippen LogP contribution is 2.30. The van der Waals surface area contributed by atoms with Crippen molar-refractivity contribution in [3.63, 3.8) is 0 Å². The van der Waals surface area contributed by atoms with Crippen LogP contribution in [0.4, 0.5) is 4.39 Å². The van der Waals surface area contributed by atoms with Crippen molar-refractivity contribution in [2.24, 2.45) is 0 Å². The Bertz CT molecular complexity index is 523. The van der Waals surface area contributed by atoms with E-state index < -0.39 is 23.4 Å². The van der Waals surface area contributed by atoms with Crippen molar-refractivity contribution in [1.29, 1.82) is 0 Å². The summed E-state index contributed by atoms with van der Waals surface area (Å²) in [6.07, 6.45) is -0.157. The molecule has 0 aromatic heterocycles. The number of aryl methyl sites for hydroxylation is 1. The van der Waals surface area contributed by atoms with Crippen LogP contribution in [0.2, 0.25) is 0 Å². The van der Waals surface area contributed by atoms with Crippen LogP contribution in [0.15, 0.2) is 12.1 Å². The Kier molecular flexibility index (Phi) is 2.41. The van der Waals surface area contributed by atoms with Crippen LogP contribution in [0.5, 0.6) is 0 Å². The quantitative estimate of drug-likeness (QED) is 0.756. The van der Waals surface area contributed by atoms with Crippen molar-refractivity contribution in [2.75, 3.05) is 0 Å². The Morgan fingerprint density at radius 3 is 2.76 bits per heavy atom. The van der Waals surface area contributed by atoms with Gasteiger partial charge in [0.1, 0.15) is 5.82 Å². The van der Waals surface area contributed by atoms with Crippen molar-refractivity contribution in [3.8, 4) is 0 Å². The highest BCUT2D eigenvalue weighted by Gasteiger charge is 2.43. The van der Waals surface area contributed by atoms with Gasteiger partial charge in [0.25, 0.3) is 0 Å². The van der Waals surface area contributed by atoms with Crippen LogP contribution in [0.3, 0.4) is 0 Å². The second-order valence-corrected chi connectivity index (χ2v) is 4.38. The maximum Gasteiger partial charge on any atom is 0.348 e. The Morgan fingerprint density at radius 1 is 1.53 bits per heavy atom. The van der Waals surface area contributed by atoms with E-state index in [1.807, 2.05) is 0 Å². The predicted molar refractivity (Wildman–Crippen MR) is 56.3 cm³/mol. The molecule has 1 unspecified atom stereocenters. The number of aliphatic carboxylic acids is 1. The molecule has 1 aliphatic heterocycles. The van der Waals surface area contributed by atoms with Crippen molar-refractivity contribution in [3.05, 3.63) is 34.6 Å². The molecule has 17 heavy (non-hydrogen) atoms. The first-order valence-electron chi connectivity index (χ1n) is 5.09. The number of carboxylic acids is 1. The van der Waals surface area contributed by atoms with Crippen molar-refractivity contribution in [2.45, 2.75) is 25.9 Å². The fourth-order valence-corrected chi connectivity index (χ4v) is 1.89. The number of fused-ring (bicyclic) bond motifs is 1. The average Bonchev–Trinajstić information content (AvgIpc) is 2.20. The van der Waals surface area contributed by atoms with Gasteiger partial charge in [-0.1, -0.05) is 0 Å². The van der Waals surface area contributed by atoms with Gasteiger partial charge in [-0.25, -0.2) is 14.0 Å². The number of halogens is 1. The molecule has 1 aromatic carbocycles. The maximum absolute atomic E-state index is 13.7. The van der Waals surface area contributed by atoms with E-state index in [-0.39, 0.29) is 17.5 Å². The summed E-state index contributed by atoms with van der Waals surface area (Å²) in [7, 11) is 0. The number of ether oxygens (including phenoxy) is 1. The number of carbonyl (C=O) groups excluding carboxylic acids is 1. The van der Waals surface area contributed by atoms with E-state index >= 15 is 0 Å². The molecule has 1 aliphatic rings. The zero-order chi connectivity index (χ0) is 12.8. The summed E-state index contributed by atoms with van der Waals surface area (Å²) < 4.78 is 18.6. The maximum atomic E-state index is 13.7. The third-order valence-electron chi connectivity index (χ3n) is 2.84. The summed E-state index contributed by atoms with van der Waals surface area (Å²) in [5, 5.41) is 8.99. The molecule has 0 fully saturated rings. The molecule has 2 rings (SSSR count). The molecular formula is C12H11FO4. The number of carbonyl (C=O) groups is 2. The number of carboxylic acid groups (broad SMARTS) is 1. The fraction of sp³-hybridized carbons (Fsp3) is 0.333. The summed E-state index contributed by atoms with van der Waals surface area (Å²) in [5.74, 6) is -2.64. The predicted octanol–water partition coefficient (Wildman–Crippen LogP) is 1.69. The molecule has 0 aliphatic carbocycles. The molecule has 90 valence electrons. The minimum absolute atomic E-state index is 0.108. The second kappa shape index (κ2) is 3.55. The number of benzene rings is 1. The zero-order valence-electron chi connectivity index (χ0n) is 9.41. The van der Waals surface area contributed by atoms with Gasteiger partial charge in [0, 0.05) is 12.0 Å². The van der Waals surface area contributed by atoms with Gasteiger partial charge in [-0.2, -0.15) is 0 Å². The van der Waals surface area contributed by atoms with Crippen molar-refractivity contribution >= 4 is 11.9 Å². The summed E-state index contributed by atoms with van der Waals surface area (Å²) in [6, 6.07) is 2.78. The summed E-state index contributed by atoms with van der Waals surface area (Å²) in [5.41, 5.74) is -0.879. The van der Waals surface area contributed by atoms with Gasteiger partial charge in [-0.3, -0.25) is 0 Å². The molecule has 5 heteroatoms. The van der Waals surface area contributed by atoms with Crippen LogP contribution < -0.4 is 0 Å². The lowest BCUT2D eigenvalue weighted by Crippen LogP contribution is -2.46. The van der Waals surface area contributed by atoms with Gasteiger partial charge in [0.05, 0.1) is 5.56 Å². The van der Waals surface area contributed by atoms with Gasteiger partial charge in [0.2, 0.25) is 5.60 Å². The van der Waals surface area contributed by atoms with E-state index in [2.05, 4.69) is 0 Å². The summed E-state index contributed by atoms with van der Waals surface area (Å²) >= 11 is 0. The van der Waals surface area contributed by atoms with Crippen LogP contribution in [0.1, 0.15) is 28.4 Å². The molecule has 1 aromatic rings. The van der Waals surface area contributed by atoms with Crippen molar-refractivity contribution < 1.29 is 23.8 Å². The van der Waals surface area contributed by atoms with Gasteiger partial charge < -0.3 is 9.84 Å². The minimum atomic E-state index is -1.69. The van der Waals surface area contributed by atoms with Gasteiger partial charge in [-0.05, 0) is 31.5 Å². The van der Waals surface area contributed by atoms with Crippen LogP contribution in [-0.2, 0) is 16.0 Å². The molecule has 1 atom stereocenters. The van der Waals surface area contributed by atoms with Crippen molar-refractivity contribution in [1.82, 2.24) is 0 Å². The van der Waals surface area contributed by atoms with Crippen LogP contribution >= 0.6 is 0 Å². The number of rotatable bonds is 1. The van der Waals surface area contributed by atoms with E-state index in [1.54, 1.807) is 6.92 Å². The first kappa shape index (κ1) is 11.6. The van der Waals surface area contributed by atoms with E-state index in [1.165, 1.54) is 19.1 Å². The van der Waals surface area contributed by atoms with Gasteiger partial charge >= 0.3 is 11.9 Å². The van der Waals surface area contributed by atoms with Gasteiger partial charge in [0.15, 0.2) is 0 Å². The molecule has 0 saturated carbocycles. The normalized spacial score (nSPS) is 22.9. The molecular weight excluding hydrogens is 227 g/mol. The number of cyclic esters (lactones) is 1. The SMILES string of the molecule is Cc1cc(F)c2c(c1)C(=O)OC(C)(C(=O)O)C2. The third-order valence-corrected chi connectivity index (χ3v) is 2.84. The Balaban J connectivity index is 2.58. The lowest BCUT2D eigenvalue weighted by Gasteiger charge is -2.30. The Labute approximate surface area is 97.0 Å². The monoisotopic (exact) mass is 238 g/mol. The molecule has 4 nitrogen and oxygen atoms in total. The van der Waals surface area contributed by atoms with Crippen LogP contribution in [0.25, 0.3) is 0 Å². The zero-order valence-corrected chi connectivity index (χ0v) is 9.41. The summed E-state index contributed by atoms with van der Waals surface area (Å²) in [6.45, 7) is 2.91. The average molecular weight is 238 g/mol. The Morgan fingerprint density at radius 2 is 2.18 bits per heavy atom. The molecule has 0 bridgehead atoms. The largest absolute Gasteiger partial charge is 0.478 e. The molecule has 0 spiro atoms. The van der Waals surface area contributed by atoms with E-state index in [4.69, 9.17) is 9.84 Å². The number of esters is 1.